The van der Waals surface area contributed by atoms with Gasteiger partial charge in [0, 0.05) is 19.3 Å². The quantitative estimate of drug-likeness (QED) is 0.0261. The molecule has 0 heterocycles. The molecule has 0 aliphatic carbocycles. The van der Waals surface area contributed by atoms with E-state index in [1.807, 2.05) is 0 Å². The van der Waals surface area contributed by atoms with Crippen LogP contribution >= 0.6 is 0 Å². The van der Waals surface area contributed by atoms with Crippen molar-refractivity contribution in [2.75, 3.05) is 13.2 Å². The Labute approximate surface area is 446 Å². The Morgan fingerprint density at radius 3 is 0.819 bits per heavy atom. The zero-order valence-electron chi connectivity index (χ0n) is 47.7. The summed E-state index contributed by atoms with van der Waals surface area (Å²) in [5.74, 6) is -0.897. The Bertz CT molecular complexity index is 1340. The lowest BCUT2D eigenvalue weighted by molar-refractivity contribution is -0.167. The van der Waals surface area contributed by atoms with E-state index < -0.39 is 6.10 Å². The van der Waals surface area contributed by atoms with Crippen molar-refractivity contribution in [2.24, 2.45) is 0 Å². The van der Waals surface area contributed by atoms with Gasteiger partial charge in [0.15, 0.2) is 6.10 Å². The molecule has 6 nitrogen and oxygen atoms in total. The molecule has 0 radical (unpaired) electrons. The van der Waals surface area contributed by atoms with Gasteiger partial charge in [-0.15, -0.1) is 0 Å². The number of hydrogen-bond donors (Lipinski definition) is 0. The van der Waals surface area contributed by atoms with Crippen LogP contribution in [0.25, 0.3) is 0 Å². The third-order valence-electron chi connectivity index (χ3n) is 13.4. The van der Waals surface area contributed by atoms with E-state index in [4.69, 9.17) is 14.2 Å². The summed E-state index contributed by atoms with van der Waals surface area (Å²) < 4.78 is 16.9. The van der Waals surface area contributed by atoms with E-state index >= 15 is 0 Å². The first-order valence-corrected chi connectivity index (χ1v) is 30.9. The minimum absolute atomic E-state index is 0.0847. The first-order valence-electron chi connectivity index (χ1n) is 30.9. The maximum Gasteiger partial charge on any atom is 0.306 e. The highest BCUT2D eigenvalue weighted by Gasteiger charge is 2.19. The average Bonchev–Trinajstić information content (AvgIpc) is 3.38. The Morgan fingerprint density at radius 1 is 0.278 bits per heavy atom. The van der Waals surface area contributed by atoms with E-state index in [2.05, 4.69) is 93.7 Å². The lowest BCUT2D eigenvalue weighted by Crippen LogP contribution is -2.30. The van der Waals surface area contributed by atoms with Crippen LogP contribution in [-0.2, 0) is 28.6 Å². The SMILES string of the molecule is CCCCC/C=C\C/C=C\C/C=C\CCCCCCCCC(=O)OCC(COC(=O)CCCCCCCCC/C=C\C/C=C\CCCCC)OC(=O)CCCCCCCCC/C=C\CCCCCCCCC. The van der Waals surface area contributed by atoms with Gasteiger partial charge in [-0.1, -0.05) is 248 Å². The predicted octanol–water partition coefficient (Wildman–Crippen LogP) is 20.9. The van der Waals surface area contributed by atoms with Gasteiger partial charge in [-0.25, -0.2) is 0 Å². The molecule has 0 aromatic carbocycles. The van der Waals surface area contributed by atoms with E-state index in [-0.39, 0.29) is 31.1 Å². The fourth-order valence-electron chi connectivity index (χ4n) is 8.71. The van der Waals surface area contributed by atoms with Gasteiger partial charge >= 0.3 is 17.9 Å². The van der Waals surface area contributed by atoms with Crippen LogP contribution in [0.3, 0.4) is 0 Å². The second kappa shape index (κ2) is 60.4. The first kappa shape index (κ1) is 68.8. The Kier molecular flexibility index (Phi) is 57.8. The van der Waals surface area contributed by atoms with Crippen LogP contribution in [0.2, 0.25) is 0 Å². The van der Waals surface area contributed by atoms with Gasteiger partial charge in [-0.05, 0) is 116 Å². The number of carbonyl (C=O) groups excluding carboxylic acids is 3. The molecule has 0 amide bonds. The number of rotatable bonds is 56. The minimum Gasteiger partial charge on any atom is -0.462 e. The molecule has 0 aromatic heterocycles. The van der Waals surface area contributed by atoms with Crippen molar-refractivity contribution in [1.82, 2.24) is 0 Å². The van der Waals surface area contributed by atoms with Crippen molar-refractivity contribution in [1.29, 1.82) is 0 Å². The molecule has 0 aliphatic rings. The number of esters is 3. The van der Waals surface area contributed by atoms with E-state index in [1.165, 1.54) is 180 Å². The van der Waals surface area contributed by atoms with E-state index in [1.54, 1.807) is 0 Å². The van der Waals surface area contributed by atoms with Crippen LogP contribution in [0, 0.1) is 0 Å². The fourth-order valence-corrected chi connectivity index (χ4v) is 8.71. The maximum absolute atomic E-state index is 12.9. The van der Waals surface area contributed by atoms with Crippen molar-refractivity contribution >= 4 is 17.9 Å². The second-order valence-corrected chi connectivity index (χ2v) is 20.6. The molecular weight excluding hydrogens is 889 g/mol. The molecule has 0 saturated carbocycles. The fraction of sp³-hybridized carbons (Fsp3) is 0.773. The van der Waals surface area contributed by atoms with Crippen LogP contribution in [-0.4, -0.2) is 37.2 Å². The lowest BCUT2D eigenvalue weighted by atomic mass is 10.1. The summed E-state index contributed by atoms with van der Waals surface area (Å²) in [5.41, 5.74) is 0. The van der Waals surface area contributed by atoms with Crippen LogP contribution in [0.5, 0.6) is 0 Å². The highest BCUT2D eigenvalue weighted by molar-refractivity contribution is 5.71. The summed E-state index contributed by atoms with van der Waals surface area (Å²) in [6, 6.07) is 0. The molecule has 0 rings (SSSR count). The molecule has 0 aliphatic heterocycles. The van der Waals surface area contributed by atoms with Crippen molar-refractivity contribution in [2.45, 2.75) is 316 Å². The van der Waals surface area contributed by atoms with Gasteiger partial charge in [0.2, 0.25) is 0 Å². The summed E-state index contributed by atoms with van der Waals surface area (Å²) in [5, 5.41) is 0. The topological polar surface area (TPSA) is 78.9 Å². The van der Waals surface area contributed by atoms with Crippen molar-refractivity contribution in [3.05, 3.63) is 72.9 Å². The van der Waals surface area contributed by atoms with E-state index in [0.717, 1.165) is 89.9 Å². The van der Waals surface area contributed by atoms with Crippen LogP contribution < -0.4 is 0 Å². The van der Waals surface area contributed by atoms with Gasteiger partial charge < -0.3 is 14.2 Å². The van der Waals surface area contributed by atoms with Crippen molar-refractivity contribution < 1.29 is 28.6 Å². The molecule has 72 heavy (non-hydrogen) atoms. The molecule has 1 unspecified atom stereocenters. The van der Waals surface area contributed by atoms with Gasteiger partial charge in [0.25, 0.3) is 0 Å². The molecule has 1 atom stereocenters. The average molecular weight is 1010 g/mol. The van der Waals surface area contributed by atoms with Gasteiger partial charge in [0.1, 0.15) is 13.2 Å². The first-order chi connectivity index (χ1) is 35.5. The minimum atomic E-state index is -0.788. The molecule has 0 saturated heterocycles. The second-order valence-electron chi connectivity index (χ2n) is 20.6. The summed E-state index contributed by atoms with van der Waals surface area (Å²) in [4.78, 5) is 38.3. The molecule has 0 spiro atoms. The van der Waals surface area contributed by atoms with Crippen molar-refractivity contribution in [3.63, 3.8) is 0 Å². The van der Waals surface area contributed by atoms with Crippen LogP contribution in [0.4, 0.5) is 0 Å². The Hall–Kier alpha value is -3.15. The maximum atomic E-state index is 12.9. The smallest absolute Gasteiger partial charge is 0.306 e. The van der Waals surface area contributed by atoms with Crippen molar-refractivity contribution in [3.8, 4) is 0 Å². The highest BCUT2D eigenvalue weighted by atomic mass is 16.6. The highest BCUT2D eigenvalue weighted by Crippen LogP contribution is 2.15. The third-order valence-corrected chi connectivity index (χ3v) is 13.4. The van der Waals surface area contributed by atoms with Gasteiger partial charge in [-0.3, -0.25) is 14.4 Å². The summed E-state index contributed by atoms with van der Waals surface area (Å²) in [7, 11) is 0. The summed E-state index contributed by atoms with van der Waals surface area (Å²) in [6.45, 7) is 6.59. The number of carbonyl (C=O) groups is 3. The number of allylic oxidation sites excluding steroid dienone is 12. The number of hydrogen-bond acceptors (Lipinski definition) is 6. The zero-order valence-corrected chi connectivity index (χ0v) is 47.7. The van der Waals surface area contributed by atoms with Gasteiger partial charge in [-0.2, -0.15) is 0 Å². The monoisotopic (exact) mass is 1000 g/mol. The normalized spacial score (nSPS) is 12.5. The summed E-state index contributed by atoms with van der Waals surface area (Å²) in [6.07, 6.45) is 77.4. The van der Waals surface area contributed by atoms with E-state index in [0.29, 0.717) is 19.3 Å². The van der Waals surface area contributed by atoms with Crippen LogP contribution in [0.15, 0.2) is 72.9 Å². The third kappa shape index (κ3) is 57.7. The number of unbranched alkanes of at least 4 members (excludes halogenated alkanes) is 33. The lowest BCUT2D eigenvalue weighted by Gasteiger charge is -2.18. The molecule has 6 heteroatoms. The largest absolute Gasteiger partial charge is 0.462 e. The number of ether oxygens (including phenoxy) is 3. The zero-order chi connectivity index (χ0) is 52.2. The molecule has 0 fully saturated rings. The molecule has 0 N–H and O–H groups in total. The molecule has 0 aromatic rings. The van der Waals surface area contributed by atoms with Gasteiger partial charge in [0.05, 0.1) is 0 Å². The Morgan fingerprint density at radius 2 is 0.500 bits per heavy atom. The molecule has 416 valence electrons. The Balaban J connectivity index is 4.42. The van der Waals surface area contributed by atoms with Crippen LogP contribution in [0.1, 0.15) is 310 Å². The summed E-state index contributed by atoms with van der Waals surface area (Å²) >= 11 is 0. The standard InChI is InChI=1S/C66H116O6/c1-4-7-10-13-16-19-22-25-28-31-33-36-38-41-44-47-50-53-56-59-65(68)71-62-63(61-70-64(67)58-55-52-49-46-43-40-37-34-30-27-24-21-18-15-12-9-6-3)72-66(69)60-57-54-51-48-45-42-39-35-32-29-26-23-20-17-14-11-8-5-2/h16,18-19,21,25,27-30,32-33,36,63H,4-15,17,20,22-24,26,31,34-35,37-62H2,1-3H3/b19-16-,21-18-,28-25-,30-27-,32-29-,36-33-. The predicted molar refractivity (Wildman–Crippen MR) is 311 cm³/mol. The van der Waals surface area contributed by atoms with E-state index in [9.17, 15) is 14.4 Å². The molecule has 0 bridgehead atoms. The molecular formula is C66H116O6.